The molecule has 0 spiro atoms. The molecule has 4 nitrogen and oxygen atoms in total. The molecule has 0 atom stereocenters. The minimum Gasteiger partial charge on any atom is -0.265 e. The van der Waals surface area contributed by atoms with Crippen LogP contribution in [0, 0.1) is 0 Å². The van der Waals surface area contributed by atoms with Gasteiger partial charge in [-0.25, -0.2) is 0 Å². The van der Waals surface area contributed by atoms with Crippen LogP contribution >= 0.6 is 15.9 Å². The Kier molecular flexibility index (Phi) is 5.96. The molecule has 5 heteroatoms. The van der Waals surface area contributed by atoms with Crippen LogP contribution in [-0.4, -0.2) is 20.4 Å². The molecule has 2 aromatic carbocycles. The van der Waals surface area contributed by atoms with Crippen molar-refractivity contribution in [3.63, 3.8) is 0 Å². The van der Waals surface area contributed by atoms with Gasteiger partial charge in [-0.2, -0.15) is 0 Å². The van der Waals surface area contributed by atoms with Gasteiger partial charge in [-0.05, 0) is 22.9 Å². The van der Waals surface area contributed by atoms with E-state index in [1.807, 2.05) is 72.8 Å². The van der Waals surface area contributed by atoms with Crippen LogP contribution < -0.4 is 0 Å². The molecule has 0 aliphatic rings. The fourth-order valence-corrected chi connectivity index (χ4v) is 2.48. The van der Waals surface area contributed by atoms with Gasteiger partial charge < -0.3 is 0 Å². The fourth-order valence-electron chi connectivity index (χ4n) is 2.24. The van der Waals surface area contributed by atoms with Crippen molar-refractivity contribution in [2.75, 3.05) is 0 Å². The first-order valence-electron chi connectivity index (χ1n) is 7.69. The first-order valence-corrected chi connectivity index (χ1v) is 8.48. The minimum atomic E-state index is 0.858. The van der Waals surface area contributed by atoms with Crippen LogP contribution in [0.1, 0.15) is 0 Å². The molecule has 0 aliphatic carbocycles. The summed E-state index contributed by atoms with van der Waals surface area (Å²) in [6, 6.07) is 23.9. The summed E-state index contributed by atoms with van der Waals surface area (Å²) < 4.78 is 1.07. The summed E-state index contributed by atoms with van der Waals surface area (Å²) in [6.07, 6.45) is 5.23. The number of aromatic nitrogens is 4. The van der Waals surface area contributed by atoms with E-state index < -0.39 is 0 Å². The summed E-state index contributed by atoms with van der Waals surface area (Å²) in [5.74, 6) is 0. The van der Waals surface area contributed by atoms with Crippen molar-refractivity contribution in [1.29, 1.82) is 0 Å². The zero-order chi connectivity index (χ0) is 17.3. The molecule has 0 saturated heterocycles. The minimum absolute atomic E-state index is 0.858. The SMILES string of the molecule is Brc1ccncc1.c1ccc(-c2cnnnc2-c2ccccc2)cc1. The highest BCUT2D eigenvalue weighted by Crippen LogP contribution is 2.28. The van der Waals surface area contributed by atoms with Gasteiger partial charge >= 0.3 is 0 Å². The highest BCUT2D eigenvalue weighted by atomic mass is 79.9. The summed E-state index contributed by atoms with van der Waals surface area (Å²) in [7, 11) is 0. The van der Waals surface area contributed by atoms with E-state index in [1.165, 1.54) is 0 Å². The molecule has 122 valence electrons. The van der Waals surface area contributed by atoms with Crippen molar-refractivity contribution in [3.05, 3.63) is 95.9 Å². The Morgan fingerprint density at radius 3 is 1.84 bits per heavy atom. The van der Waals surface area contributed by atoms with Gasteiger partial charge in [0.2, 0.25) is 0 Å². The van der Waals surface area contributed by atoms with Crippen molar-refractivity contribution >= 4 is 15.9 Å². The second kappa shape index (κ2) is 8.80. The lowest BCUT2D eigenvalue weighted by Gasteiger charge is -2.06. The first-order chi connectivity index (χ1) is 12.3. The topological polar surface area (TPSA) is 51.6 Å². The average Bonchev–Trinajstić information content (AvgIpc) is 2.70. The standard InChI is InChI=1S/C15H11N3.C5H4BrN/c1-3-7-12(8-4-1)14-11-16-18-17-15(14)13-9-5-2-6-10-13;6-5-1-3-7-4-2-5/h1-11H;1-4H. The van der Waals surface area contributed by atoms with Crippen LogP contribution in [0.4, 0.5) is 0 Å². The zero-order valence-corrected chi connectivity index (χ0v) is 14.9. The third kappa shape index (κ3) is 4.78. The summed E-state index contributed by atoms with van der Waals surface area (Å²) in [5, 5.41) is 11.8. The van der Waals surface area contributed by atoms with Crippen LogP contribution in [0.15, 0.2) is 95.9 Å². The highest BCUT2D eigenvalue weighted by molar-refractivity contribution is 9.10. The summed E-state index contributed by atoms with van der Waals surface area (Å²) in [5.41, 5.74) is 4.00. The summed E-state index contributed by atoms with van der Waals surface area (Å²) in [6.45, 7) is 0. The molecule has 2 heterocycles. The first kappa shape index (κ1) is 16.9. The van der Waals surface area contributed by atoms with Gasteiger partial charge in [0.05, 0.1) is 6.20 Å². The fraction of sp³-hybridized carbons (Fsp3) is 0. The van der Waals surface area contributed by atoms with E-state index in [4.69, 9.17) is 0 Å². The quantitative estimate of drug-likeness (QED) is 0.480. The van der Waals surface area contributed by atoms with Crippen molar-refractivity contribution in [2.24, 2.45) is 0 Å². The van der Waals surface area contributed by atoms with Gasteiger partial charge in [0.1, 0.15) is 5.69 Å². The molecule has 2 aromatic heterocycles. The molecule has 0 N–H and O–H groups in total. The predicted molar refractivity (Wildman–Crippen MR) is 103 cm³/mol. The molecule has 0 fully saturated rings. The Labute approximate surface area is 154 Å². The smallest absolute Gasteiger partial charge is 0.104 e. The molecular formula is C20H15BrN4. The van der Waals surface area contributed by atoms with Crippen LogP contribution in [-0.2, 0) is 0 Å². The predicted octanol–water partition coefficient (Wildman–Crippen LogP) is 5.05. The number of rotatable bonds is 2. The molecule has 0 bridgehead atoms. The molecule has 4 rings (SSSR count). The number of halogens is 1. The molecule has 0 saturated carbocycles. The summed E-state index contributed by atoms with van der Waals surface area (Å²) in [4.78, 5) is 3.82. The van der Waals surface area contributed by atoms with Gasteiger partial charge in [-0.1, -0.05) is 76.6 Å². The number of hydrogen-bond donors (Lipinski definition) is 0. The highest BCUT2D eigenvalue weighted by Gasteiger charge is 2.08. The van der Waals surface area contributed by atoms with Crippen molar-refractivity contribution < 1.29 is 0 Å². The van der Waals surface area contributed by atoms with Crippen LogP contribution in [0.3, 0.4) is 0 Å². The number of pyridine rings is 1. The van der Waals surface area contributed by atoms with E-state index in [0.29, 0.717) is 0 Å². The normalized spacial score (nSPS) is 9.80. The average molecular weight is 391 g/mol. The van der Waals surface area contributed by atoms with Gasteiger partial charge in [-0.3, -0.25) is 4.98 Å². The van der Waals surface area contributed by atoms with Gasteiger partial charge in [0.25, 0.3) is 0 Å². The van der Waals surface area contributed by atoms with E-state index in [-0.39, 0.29) is 0 Å². The lowest BCUT2D eigenvalue weighted by Crippen LogP contribution is -1.94. The second-order valence-electron chi connectivity index (χ2n) is 5.09. The van der Waals surface area contributed by atoms with Crippen LogP contribution in [0.2, 0.25) is 0 Å². The molecule has 0 aliphatic heterocycles. The molecule has 0 amide bonds. The monoisotopic (exact) mass is 390 g/mol. The Balaban J connectivity index is 0.000000219. The van der Waals surface area contributed by atoms with Crippen LogP contribution in [0.25, 0.3) is 22.4 Å². The van der Waals surface area contributed by atoms with E-state index in [0.717, 1.165) is 26.9 Å². The molecule has 25 heavy (non-hydrogen) atoms. The Morgan fingerprint density at radius 1 is 0.680 bits per heavy atom. The van der Waals surface area contributed by atoms with Gasteiger partial charge in [0, 0.05) is 28.0 Å². The van der Waals surface area contributed by atoms with E-state index in [1.54, 1.807) is 18.6 Å². The van der Waals surface area contributed by atoms with Gasteiger partial charge in [-0.15, -0.1) is 10.2 Å². The zero-order valence-electron chi connectivity index (χ0n) is 13.3. The van der Waals surface area contributed by atoms with E-state index in [2.05, 4.69) is 36.3 Å². The largest absolute Gasteiger partial charge is 0.265 e. The lowest BCUT2D eigenvalue weighted by molar-refractivity contribution is 0.873. The number of benzene rings is 2. The maximum atomic E-state index is 4.16. The van der Waals surface area contributed by atoms with E-state index >= 15 is 0 Å². The maximum absolute atomic E-state index is 4.16. The third-order valence-electron chi connectivity index (χ3n) is 3.41. The molecular weight excluding hydrogens is 376 g/mol. The van der Waals surface area contributed by atoms with Crippen molar-refractivity contribution in [1.82, 2.24) is 20.4 Å². The van der Waals surface area contributed by atoms with Crippen molar-refractivity contribution in [3.8, 4) is 22.4 Å². The molecule has 0 unspecified atom stereocenters. The maximum Gasteiger partial charge on any atom is 0.104 e. The molecule has 0 radical (unpaired) electrons. The Morgan fingerprint density at radius 2 is 1.28 bits per heavy atom. The summed E-state index contributed by atoms with van der Waals surface area (Å²) >= 11 is 3.27. The lowest BCUT2D eigenvalue weighted by atomic mass is 10.0. The van der Waals surface area contributed by atoms with E-state index in [9.17, 15) is 0 Å². The van der Waals surface area contributed by atoms with Crippen molar-refractivity contribution in [2.45, 2.75) is 0 Å². The number of hydrogen-bond acceptors (Lipinski definition) is 4. The third-order valence-corrected chi connectivity index (χ3v) is 3.94. The Hall–Kier alpha value is -2.92. The second-order valence-corrected chi connectivity index (χ2v) is 6.01. The molecule has 4 aromatic rings. The number of nitrogens with zero attached hydrogens (tertiary/aromatic N) is 4. The van der Waals surface area contributed by atoms with Crippen LogP contribution in [0.5, 0.6) is 0 Å². The Bertz CT molecular complexity index is 842. The van der Waals surface area contributed by atoms with Gasteiger partial charge in [0.15, 0.2) is 0 Å².